The standard InChI is InChI=1S/C50H55Br3O9S/c1-6-10-27-31-14-32-28(11-7-2)34-16-36-30(13-9-4)38-17-37-29(12-8-3)35-15-33(27)45-40(19-52)47(35)59-24-61-49(37)42(21-63-26(5)54)50(38)62-25-60-48(36)41(20-53)46(34)58-23-56-44(32)39(18-51)43(31)55-22-57-45/h14-17,27-30H,6-13,18-25H2,1-5H3. The Balaban J connectivity index is 1.50. The molecule has 0 spiro atoms. The maximum Gasteiger partial charge on any atom is 0.230 e. The average molecular weight is 1070 g/mol. The van der Waals surface area contributed by atoms with E-state index in [2.05, 4.69) is 99.8 Å². The number of halogens is 3. The largest absolute Gasteiger partial charge is 0.457 e. The number of carbonyl (C=O) groups is 1. The number of benzene rings is 4. The van der Waals surface area contributed by atoms with Crippen molar-refractivity contribution in [1.29, 1.82) is 0 Å². The molecule has 4 heterocycles. The highest BCUT2D eigenvalue weighted by atomic mass is 79.9. The first kappa shape index (κ1) is 44.9. The van der Waals surface area contributed by atoms with Gasteiger partial charge in [-0.2, -0.15) is 0 Å². The molecule has 0 radical (unpaired) electrons. The molecule has 13 heteroatoms. The third kappa shape index (κ3) is 7.80. The molecule has 63 heavy (non-hydrogen) atoms. The average Bonchev–Trinajstić information content (AvgIpc) is 3.26. The molecule has 4 atom stereocenters. The number of rotatable bonds is 13. The summed E-state index contributed by atoms with van der Waals surface area (Å²) in [6, 6.07) is 9.51. The minimum Gasteiger partial charge on any atom is -0.457 e. The van der Waals surface area contributed by atoms with Gasteiger partial charge in [0.1, 0.15) is 46.0 Å². The van der Waals surface area contributed by atoms with Crippen molar-refractivity contribution in [3.05, 3.63) is 91.0 Å². The first-order chi connectivity index (χ1) is 30.8. The van der Waals surface area contributed by atoms with E-state index in [1.807, 2.05) is 0 Å². The summed E-state index contributed by atoms with van der Waals surface area (Å²) in [5.74, 6) is 6.09. The highest BCUT2D eigenvalue weighted by Gasteiger charge is 2.41. The normalized spacial score (nSPS) is 19.8. The topological polar surface area (TPSA) is 90.9 Å². The minimum absolute atomic E-state index is 0.00867. The van der Waals surface area contributed by atoms with Crippen LogP contribution in [-0.4, -0.2) is 32.3 Å². The molecule has 0 amide bonds. The monoisotopic (exact) mass is 1070 g/mol. The van der Waals surface area contributed by atoms with Gasteiger partial charge in [-0.15, -0.1) is 0 Å². The number of carbonyl (C=O) groups excluding carboxylic acids is 1. The van der Waals surface area contributed by atoms with Crippen molar-refractivity contribution in [2.45, 2.75) is 131 Å². The van der Waals surface area contributed by atoms with Crippen molar-refractivity contribution in [2.24, 2.45) is 0 Å². The fourth-order valence-electron chi connectivity index (χ4n) is 10.8. The first-order valence-electron chi connectivity index (χ1n) is 22.4. The number of hydrogen-bond acceptors (Lipinski definition) is 10. The van der Waals surface area contributed by atoms with Crippen molar-refractivity contribution in [1.82, 2.24) is 0 Å². The summed E-state index contributed by atoms with van der Waals surface area (Å²) in [5, 5.41) is 1.56. The van der Waals surface area contributed by atoms with Crippen molar-refractivity contribution < 1.29 is 42.7 Å². The highest BCUT2D eigenvalue weighted by Crippen LogP contribution is 2.59. The van der Waals surface area contributed by atoms with Gasteiger partial charge in [0.2, 0.25) is 27.2 Å². The summed E-state index contributed by atoms with van der Waals surface area (Å²) in [5.41, 5.74) is 12.5. The molecule has 4 unspecified atom stereocenters. The SMILES string of the molecule is CCCC1c2cc3c4c(CBr)c2OCOc2c1cc1c(c2CBr)OCOc2c(cc5c(c2CSC(C)=O)OCOc2c(cc(c(c2CBr)OCO4)C3CCC)C5CCC)C1CCC. The van der Waals surface area contributed by atoms with E-state index in [1.165, 1.54) is 11.8 Å². The van der Waals surface area contributed by atoms with E-state index in [4.69, 9.17) is 37.9 Å². The quantitative estimate of drug-likeness (QED) is 0.121. The van der Waals surface area contributed by atoms with Crippen LogP contribution < -0.4 is 37.9 Å². The number of alkyl halides is 3. The fourth-order valence-corrected chi connectivity index (χ4v) is 12.9. The maximum absolute atomic E-state index is 12.8. The van der Waals surface area contributed by atoms with E-state index in [-0.39, 0.29) is 56.0 Å². The van der Waals surface area contributed by atoms with E-state index in [1.54, 1.807) is 6.92 Å². The van der Waals surface area contributed by atoms with Gasteiger partial charge < -0.3 is 37.9 Å². The summed E-state index contributed by atoms with van der Waals surface area (Å²) < 4.78 is 54.3. The number of ether oxygens (including phenoxy) is 8. The Labute approximate surface area is 400 Å². The van der Waals surface area contributed by atoms with Crippen LogP contribution >= 0.6 is 59.6 Å². The second kappa shape index (κ2) is 19.3. The van der Waals surface area contributed by atoms with Crippen molar-refractivity contribution >= 4 is 64.7 Å². The van der Waals surface area contributed by atoms with E-state index in [9.17, 15) is 4.79 Å². The summed E-state index contributed by atoms with van der Waals surface area (Å²) in [6.45, 7) is 10.5. The third-order valence-electron chi connectivity index (χ3n) is 13.3. The third-order valence-corrected chi connectivity index (χ3v) is 15.8. The summed E-state index contributed by atoms with van der Waals surface area (Å²) >= 11 is 13.0. The Bertz CT molecular complexity index is 2270. The van der Waals surface area contributed by atoms with Crippen LogP contribution in [0.15, 0.2) is 24.3 Å². The molecular formula is C50H55Br3O9S. The van der Waals surface area contributed by atoms with Gasteiger partial charge in [-0.05, 0) is 49.9 Å². The lowest BCUT2D eigenvalue weighted by atomic mass is 9.74. The Morgan fingerprint density at radius 3 is 0.857 bits per heavy atom. The van der Waals surface area contributed by atoms with Gasteiger partial charge in [-0.3, -0.25) is 4.79 Å². The van der Waals surface area contributed by atoms with Crippen LogP contribution in [0.4, 0.5) is 0 Å². The van der Waals surface area contributed by atoms with E-state index in [0.29, 0.717) is 33.2 Å². The van der Waals surface area contributed by atoms with Crippen LogP contribution in [0.2, 0.25) is 0 Å². The molecule has 1 aliphatic carbocycles. The van der Waals surface area contributed by atoms with Gasteiger partial charge in [0.25, 0.3) is 0 Å². The van der Waals surface area contributed by atoms with Crippen molar-refractivity contribution in [3.8, 4) is 46.0 Å². The zero-order chi connectivity index (χ0) is 43.9. The molecule has 9 nitrogen and oxygen atoms in total. The van der Waals surface area contributed by atoms with Crippen LogP contribution in [0, 0.1) is 0 Å². The van der Waals surface area contributed by atoms with Crippen molar-refractivity contribution in [3.63, 3.8) is 0 Å². The molecule has 4 aromatic rings. The van der Waals surface area contributed by atoms with E-state index >= 15 is 0 Å². The van der Waals surface area contributed by atoms with Gasteiger partial charge >= 0.3 is 0 Å². The van der Waals surface area contributed by atoms with Gasteiger partial charge in [-0.25, -0.2) is 0 Å². The van der Waals surface area contributed by atoms with Gasteiger partial charge in [0.15, 0.2) is 5.12 Å². The zero-order valence-corrected chi connectivity index (χ0v) is 42.2. The molecule has 0 saturated carbocycles. The number of hydrogen-bond donors (Lipinski definition) is 0. The second-order valence-electron chi connectivity index (χ2n) is 16.9. The molecule has 8 bridgehead atoms. The molecular weight excluding hydrogens is 1020 g/mol. The lowest BCUT2D eigenvalue weighted by molar-refractivity contribution is -0.109. The highest BCUT2D eigenvalue weighted by molar-refractivity contribution is 9.09. The van der Waals surface area contributed by atoms with Gasteiger partial charge in [0, 0.05) is 119 Å². The summed E-state index contributed by atoms with van der Waals surface area (Å²) in [4.78, 5) is 12.8. The van der Waals surface area contributed by atoms with E-state index in [0.717, 1.165) is 153 Å². The Morgan fingerprint density at radius 2 is 0.667 bits per heavy atom. The molecule has 336 valence electrons. The smallest absolute Gasteiger partial charge is 0.230 e. The van der Waals surface area contributed by atoms with E-state index < -0.39 is 0 Å². The van der Waals surface area contributed by atoms with Crippen LogP contribution in [0.25, 0.3) is 0 Å². The molecule has 0 N–H and O–H groups in total. The Kier molecular flexibility index (Phi) is 13.8. The maximum atomic E-state index is 12.8. The first-order valence-corrected chi connectivity index (χ1v) is 26.8. The molecule has 5 aliphatic rings. The number of thioether (sulfide) groups is 1. The molecule has 0 fully saturated rings. The van der Waals surface area contributed by atoms with Crippen LogP contribution in [0.3, 0.4) is 0 Å². The summed E-state index contributed by atoms with van der Waals surface area (Å²) in [7, 11) is 0. The summed E-state index contributed by atoms with van der Waals surface area (Å²) in [6.07, 6.45) is 7.08. The lowest BCUT2D eigenvalue weighted by Gasteiger charge is -2.37. The van der Waals surface area contributed by atoms with Crippen LogP contribution in [0.1, 0.15) is 176 Å². The van der Waals surface area contributed by atoms with Crippen molar-refractivity contribution in [2.75, 3.05) is 27.2 Å². The lowest BCUT2D eigenvalue weighted by Crippen LogP contribution is -2.25. The fraction of sp³-hybridized carbons (Fsp3) is 0.500. The second-order valence-corrected chi connectivity index (χ2v) is 19.8. The minimum atomic E-state index is -0.122. The van der Waals surface area contributed by atoms with Crippen LogP contribution in [0.5, 0.6) is 46.0 Å². The molecule has 0 aromatic heterocycles. The molecule has 4 aliphatic heterocycles. The van der Waals surface area contributed by atoms with Crippen LogP contribution in [-0.2, 0) is 26.5 Å². The molecule has 9 rings (SSSR count). The predicted molar refractivity (Wildman–Crippen MR) is 257 cm³/mol. The Morgan fingerprint density at radius 1 is 0.444 bits per heavy atom. The predicted octanol–water partition coefficient (Wildman–Crippen LogP) is 14.1. The van der Waals surface area contributed by atoms with Gasteiger partial charge in [0.05, 0.1) is 0 Å². The van der Waals surface area contributed by atoms with Gasteiger partial charge in [-0.1, -0.05) is 113 Å². The zero-order valence-electron chi connectivity index (χ0n) is 36.6. The molecule has 0 saturated heterocycles. The molecule has 4 aromatic carbocycles. The Hall–Kier alpha value is -3.26.